The van der Waals surface area contributed by atoms with Gasteiger partial charge in [-0.05, 0) is 24.3 Å². The van der Waals surface area contributed by atoms with E-state index in [1.54, 1.807) is 12.1 Å². The predicted octanol–water partition coefficient (Wildman–Crippen LogP) is 4.02. The minimum absolute atomic E-state index is 0.406. The van der Waals surface area contributed by atoms with Crippen LogP contribution in [0.1, 0.15) is 0 Å². The lowest BCUT2D eigenvalue weighted by Crippen LogP contribution is -1.78. The number of hydrogen-bond acceptors (Lipinski definition) is 3. The summed E-state index contributed by atoms with van der Waals surface area (Å²) in [6.07, 6.45) is 0. The van der Waals surface area contributed by atoms with Gasteiger partial charge in [-0.2, -0.15) is 4.98 Å². The van der Waals surface area contributed by atoms with Gasteiger partial charge < -0.3 is 9.40 Å². The van der Waals surface area contributed by atoms with Crippen LogP contribution in [-0.2, 0) is 0 Å². The molecule has 4 aromatic rings. The zero-order valence-corrected chi connectivity index (χ0v) is 10.5. The molecule has 0 fully saturated rings. The highest BCUT2D eigenvalue weighted by Gasteiger charge is 2.11. The molecule has 5 heteroatoms. The zero-order valence-electron chi connectivity index (χ0n) is 9.72. The predicted molar refractivity (Wildman–Crippen MR) is 74.1 cm³/mol. The Bertz CT molecular complexity index is 861. The van der Waals surface area contributed by atoms with Crippen LogP contribution >= 0.6 is 11.6 Å². The first-order chi connectivity index (χ1) is 9.29. The maximum Gasteiger partial charge on any atom is 0.245 e. The molecule has 92 valence electrons. The van der Waals surface area contributed by atoms with Crippen molar-refractivity contribution in [1.82, 2.24) is 15.0 Å². The zero-order chi connectivity index (χ0) is 12.8. The molecule has 0 aliphatic heterocycles. The third kappa shape index (κ3) is 1.69. The molecule has 3 aromatic heterocycles. The van der Waals surface area contributed by atoms with Crippen molar-refractivity contribution >= 4 is 33.7 Å². The fourth-order valence-electron chi connectivity index (χ4n) is 2.10. The number of oxazole rings is 1. The van der Waals surface area contributed by atoms with E-state index in [1.165, 1.54) is 0 Å². The molecule has 0 radical (unpaired) electrons. The number of hydrogen-bond donors (Lipinski definition) is 1. The molecule has 0 amide bonds. The van der Waals surface area contributed by atoms with Crippen molar-refractivity contribution in [1.29, 1.82) is 0 Å². The fourth-order valence-corrected chi connectivity index (χ4v) is 2.24. The molecule has 0 spiro atoms. The highest BCUT2D eigenvalue weighted by atomic mass is 35.5. The van der Waals surface area contributed by atoms with E-state index in [0.717, 1.165) is 16.6 Å². The van der Waals surface area contributed by atoms with Gasteiger partial charge in [0.1, 0.15) is 10.8 Å². The van der Waals surface area contributed by atoms with Crippen molar-refractivity contribution in [2.45, 2.75) is 0 Å². The minimum atomic E-state index is 0.406. The number of benzene rings is 1. The van der Waals surface area contributed by atoms with E-state index in [0.29, 0.717) is 22.3 Å². The fraction of sp³-hybridized carbons (Fsp3) is 0. The first kappa shape index (κ1) is 10.6. The summed E-state index contributed by atoms with van der Waals surface area (Å²) in [5.41, 5.74) is 3.01. The number of pyridine rings is 1. The molecule has 0 saturated heterocycles. The normalized spacial score (nSPS) is 11.4. The van der Waals surface area contributed by atoms with Crippen LogP contribution < -0.4 is 0 Å². The molecule has 0 bridgehead atoms. The highest BCUT2D eigenvalue weighted by Crippen LogP contribution is 2.26. The largest absolute Gasteiger partial charge is 0.433 e. The molecule has 1 aromatic carbocycles. The summed E-state index contributed by atoms with van der Waals surface area (Å²) >= 11 is 5.84. The Labute approximate surface area is 113 Å². The standard InChI is InChI=1S/C14H8ClN3O/c15-12-6-5-11-13(17-12)18-14(19-11)10-7-8-3-1-2-4-9(8)16-10/h1-7,16H. The summed E-state index contributed by atoms with van der Waals surface area (Å²) in [5.74, 6) is 0.515. The third-order valence-corrected chi connectivity index (χ3v) is 3.19. The van der Waals surface area contributed by atoms with Crippen molar-refractivity contribution in [2.24, 2.45) is 0 Å². The van der Waals surface area contributed by atoms with Gasteiger partial charge in [-0.3, -0.25) is 0 Å². The number of halogens is 1. The van der Waals surface area contributed by atoms with Crippen LogP contribution in [0.2, 0.25) is 5.15 Å². The van der Waals surface area contributed by atoms with Crippen LogP contribution in [0.15, 0.2) is 46.9 Å². The van der Waals surface area contributed by atoms with Gasteiger partial charge in [-0.1, -0.05) is 29.8 Å². The van der Waals surface area contributed by atoms with Gasteiger partial charge in [0.05, 0.1) is 0 Å². The van der Waals surface area contributed by atoms with Crippen molar-refractivity contribution < 1.29 is 4.42 Å². The molecule has 0 aliphatic carbocycles. The van der Waals surface area contributed by atoms with Gasteiger partial charge in [-0.25, -0.2) is 4.98 Å². The summed E-state index contributed by atoms with van der Waals surface area (Å²) in [5, 5.41) is 1.52. The smallest absolute Gasteiger partial charge is 0.245 e. The van der Waals surface area contributed by atoms with Gasteiger partial charge in [0.15, 0.2) is 5.58 Å². The third-order valence-electron chi connectivity index (χ3n) is 2.98. The van der Waals surface area contributed by atoms with Gasteiger partial charge in [0.2, 0.25) is 11.5 Å². The molecule has 4 rings (SSSR count). The molecule has 4 nitrogen and oxygen atoms in total. The first-order valence-corrected chi connectivity index (χ1v) is 6.19. The number of nitrogens with one attached hydrogen (secondary N) is 1. The SMILES string of the molecule is Clc1ccc2oc(-c3cc4ccccc4[nH]3)nc2n1. The number of aromatic amines is 1. The molecule has 0 saturated carbocycles. The van der Waals surface area contributed by atoms with Crippen LogP contribution in [0.5, 0.6) is 0 Å². The van der Waals surface area contributed by atoms with Gasteiger partial charge in [0.25, 0.3) is 0 Å². The summed E-state index contributed by atoms with van der Waals surface area (Å²) in [6.45, 7) is 0. The lowest BCUT2D eigenvalue weighted by atomic mass is 10.2. The van der Waals surface area contributed by atoms with Gasteiger partial charge in [0, 0.05) is 10.9 Å². The van der Waals surface area contributed by atoms with E-state index >= 15 is 0 Å². The van der Waals surface area contributed by atoms with Crippen LogP contribution in [0, 0.1) is 0 Å². The van der Waals surface area contributed by atoms with Crippen molar-refractivity contribution in [3.8, 4) is 11.6 Å². The number of fused-ring (bicyclic) bond motifs is 2. The van der Waals surface area contributed by atoms with Crippen molar-refractivity contribution in [3.63, 3.8) is 0 Å². The van der Waals surface area contributed by atoms with Crippen LogP contribution in [0.3, 0.4) is 0 Å². The number of para-hydroxylation sites is 1. The molecule has 19 heavy (non-hydrogen) atoms. The monoisotopic (exact) mass is 269 g/mol. The number of H-pyrrole nitrogens is 1. The summed E-state index contributed by atoms with van der Waals surface area (Å²) in [6, 6.07) is 13.5. The summed E-state index contributed by atoms with van der Waals surface area (Å²) < 4.78 is 5.68. The first-order valence-electron chi connectivity index (χ1n) is 5.81. The Morgan fingerprint density at radius 1 is 1.05 bits per heavy atom. The lowest BCUT2D eigenvalue weighted by molar-refractivity contribution is 0.617. The summed E-state index contributed by atoms with van der Waals surface area (Å²) in [4.78, 5) is 11.7. The maximum absolute atomic E-state index is 5.84. The van der Waals surface area contributed by atoms with E-state index < -0.39 is 0 Å². The Morgan fingerprint density at radius 2 is 1.95 bits per heavy atom. The Morgan fingerprint density at radius 3 is 2.84 bits per heavy atom. The quantitative estimate of drug-likeness (QED) is 0.531. The molecule has 3 heterocycles. The number of rotatable bonds is 1. The maximum atomic E-state index is 5.84. The van der Waals surface area contributed by atoms with Crippen LogP contribution in [-0.4, -0.2) is 15.0 Å². The van der Waals surface area contributed by atoms with Gasteiger partial charge in [-0.15, -0.1) is 0 Å². The Kier molecular flexibility index (Phi) is 2.13. The van der Waals surface area contributed by atoms with Crippen LogP contribution in [0.4, 0.5) is 0 Å². The Balaban J connectivity index is 1.93. The van der Waals surface area contributed by atoms with Crippen molar-refractivity contribution in [2.75, 3.05) is 0 Å². The second kappa shape index (κ2) is 3.83. The molecule has 0 aliphatic rings. The van der Waals surface area contributed by atoms with Gasteiger partial charge >= 0.3 is 0 Å². The minimum Gasteiger partial charge on any atom is -0.433 e. The molecule has 0 atom stereocenters. The van der Waals surface area contributed by atoms with E-state index in [9.17, 15) is 0 Å². The number of aromatic nitrogens is 3. The second-order valence-corrected chi connectivity index (χ2v) is 4.63. The average molecular weight is 270 g/mol. The van der Waals surface area contributed by atoms with E-state index in [2.05, 4.69) is 15.0 Å². The molecular formula is C14H8ClN3O. The highest BCUT2D eigenvalue weighted by molar-refractivity contribution is 6.29. The van der Waals surface area contributed by atoms with E-state index in [1.807, 2.05) is 30.3 Å². The molecular weight excluding hydrogens is 262 g/mol. The average Bonchev–Trinajstić information content (AvgIpc) is 3.00. The summed E-state index contributed by atoms with van der Waals surface area (Å²) in [7, 11) is 0. The van der Waals surface area contributed by atoms with E-state index in [4.69, 9.17) is 16.0 Å². The Hall–Kier alpha value is -2.33. The molecule has 1 N–H and O–H groups in total. The van der Waals surface area contributed by atoms with Crippen LogP contribution in [0.25, 0.3) is 33.7 Å². The second-order valence-electron chi connectivity index (χ2n) is 4.24. The molecule has 0 unspecified atom stereocenters. The van der Waals surface area contributed by atoms with Crippen molar-refractivity contribution in [3.05, 3.63) is 47.6 Å². The number of nitrogens with zero attached hydrogens (tertiary/aromatic N) is 2. The van der Waals surface area contributed by atoms with E-state index in [-0.39, 0.29) is 0 Å². The topological polar surface area (TPSA) is 54.7 Å². The lowest BCUT2D eigenvalue weighted by Gasteiger charge is -1.87.